The van der Waals surface area contributed by atoms with Crippen LogP contribution in [0.4, 0.5) is 5.69 Å². The zero-order valence-corrected chi connectivity index (χ0v) is 12.2. The molecule has 0 bridgehead atoms. The first-order valence-corrected chi connectivity index (χ1v) is 7.27. The molecule has 18 heavy (non-hydrogen) atoms. The van der Waals surface area contributed by atoms with Gasteiger partial charge in [0.1, 0.15) is 0 Å². The van der Waals surface area contributed by atoms with E-state index in [2.05, 4.69) is 26.1 Å². The summed E-state index contributed by atoms with van der Waals surface area (Å²) in [6.07, 6.45) is 3.69. The van der Waals surface area contributed by atoms with Gasteiger partial charge in [-0.2, -0.15) is 0 Å². The highest BCUT2D eigenvalue weighted by molar-refractivity contribution is 9.10. The van der Waals surface area contributed by atoms with Crippen molar-refractivity contribution in [3.05, 3.63) is 28.7 Å². The minimum Gasteiger partial charge on any atom is -0.324 e. The number of benzene rings is 1. The first kappa shape index (κ1) is 13.6. The summed E-state index contributed by atoms with van der Waals surface area (Å²) in [5.41, 5.74) is 0.839. The number of likely N-dealkylation sites (tertiary alicyclic amines) is 1. The van der Waals surface area contributed by atoms with Crippen LogP contribution in [0.3, 0.4) is 0 Å². The lowest BCUT2D eigenvalue weighted by Crippen LogP contribution is -2.44. The van der Waals surface area contributed by atoms with Crippen molar-refractivity contribution in [3.8, 4) is 0 Å². The van der Waals surface area contributed by atoms with Crippen LogP contribution < -0.4 is 5.32 Å². The van der Waals surface area contributed by atoms with E-state index in [4.69, 9.17) is 0 Å². The highest BCUT2D eigenvalue weighted by atomic mass is 79.9. The number of anilines is 1. The van der Waals surface area contributed by atoms with Gasteiger partial charge < -0.3 is 5.32 Å². The van der Waals surface area contributed by atoms with Crippen molar-refractivity contribution in [2.45, 2.75) is 32.2 Å². The first-order valence-electron chi connectivity index (χ1n) is 6.48. The van der Waals surface area contributed by atoms with Gasteiger partial charge in [0.2, 0.25) is 5.91 Å². The normalized spacial score (nSPS) is 18.3. The second kappa shape index (κ2) is 6.34. The molecule has 2 rings (SSSR count). The number of hydrogen-bond donors (Lipinski definition) is 1. The molecule has 1 aliphatic heterocycles. The van der Waals surface area contributed by atoms with Crippen molar-refractivity contribution < 1.29 is 4.79 Å². The maximum Gasteiger partial charge on any atom is 0.241 e. The van der Waals surface area contributed by atoms with Gasteiger partial charge in [0, 0.05) is 4.47 Å². The Morgan fingerprint density at radius 2 is 1.94 bits per heavy atom. The summed E-state index contributed by atoms with van der Waals surface area (Å²) < 4.78 is 0.921. The van der Waals surface area contributed by atoms with Crippen molar-refractivity contribution in [3.63, 3.8) is 0 Å². The predicted molar refractivity (Wildman–Crippen MR) is 77.7 cm³/mol. The summed E-state index contributed by atoms with van der Waals surface area (Å²) in [5.74, 6) is 0.0730. The van der Waals surface area contributed by atoms with Gasteiger partial charge in [0.25, 0.3) is 0 Å². The number of amides is 1. The third-order valence-electron chi connectivity index (χ3n) is 3.45. The molecule has 1 aromatic carbocycles. The standard InChI is InChI=1S/C14H19BrN2O/c1-11(17-9-5-2-6-10-17)14(18)16-13-8-4-3-7-12(13)15/h3-4,7-8,11H,2,5-6,9-10H2,1H3,(H,16,18)/t11-/m1/s1. The van der Waals surface area contributed by atoms with Gasteiger partial charge in [-0.15, -0.1) is 0 Å². The zero-order valence-electron chi connectivity index (χ0n) is 10.7. The average molecular weight is 311 g/mol. The Kier molecular flexibility index (Phi) is 4.78. The SMILES string of the molecule is C[C@H](C(=O)Nc1ccccc1Br)N1CCCCC1. The van der Waals surface area contributed by atoms with Crippen LogP contribution in [0.15, 0.2) is 28.7 Å². The molecule has 1 aromatic rings. The molecule has 1 aliphatic rings. The Labute approximate surface area is 117 Å². The molecule has 0 aromatic heterocycles. The fourth-order valence-electron chi connectivity index (χ4n) is 2.27. The third kappa shape index (κ3) is 3.33. The molecule has 0 aliphatic carbocycles. The van der Waals surface area contributed by atoms with Crippen LogP contribution in [0.5, 0.6) is 0 Å². The quantitative estimate of drug-likeness (QED) is 0.929. The summed E-state index contributed by atoms with van der Waals surface area (Å²) in [7, 11) is 0. The summed E-state index contributed by atoms with van der Waals surface area (Å²) >= 11 is 3.44. The van der Waals surface area contributed by atoms with Crippen LogP contribution in [-0.2, 0) is 4.79 Å². The number of rotatable bonds is 3. The predicted octanol–water partition coefficient (Wildman–Crippen LogP) is 3.26. The van der Waals surface area contributed by atoms with E-state index >= 15 is 0 Å². The number of halogens is 1. The summed E-state index contributed by atoms with van der Waals surface area (Å²) in [6.45, 7) is 4.05. The van der Waals surface area contributed by atoms with E-state index in [0.717, 1.165) is 23.2 Å². The second-order valence-corrected chi connectivity index (χ2v) is 5.60. The molecule has 0 spiro atoms. The lowest BCUT2D eigenvalue weighted by molar-refractivity contribution is -0.121. The van der Waals surface area contributed by atoms with Crippen molar-refractivity contribution >= 4 is 27.5 Å². The number of para-hydroxylation sites is 1. The van der Waals surface area contributed by atoms with Crippen molar-refractivity contribution in [1.29, 1.82) is 0 Å². The van der Waals surface area contributed by atoms with Gasteiger partial charge in [-0.3, -0.25) is 9.69 Å². The highest BCUT2D eigenvalue weighted by Crippen LogP contribution is 2.22. The third-order valence-corrected chi connectivity index (χ3v) is 4.14. The largest absolute Gasteiger partial charge is 0.324 e. The molecule has 1 amide bonds. The Balaban J connectivity index is 1.97. The Hall–Kier alpha value is -0.870. The van der Waals surface area contributed by atoms with Gasteiger partial charge in [-0.05, 0) is 60.9 Å². The van der Waals surface area contributed by atoms with Gasteiger partial charge in [-0.1, -0.05) is 18.6 Å². The molecule has 1 N–H and O–H groups in total. The molecule has 4 heteroatoms. The minimum atomic E-state index is -0.0580. The molecule has 1 saturated heterocycles. The fourth-order valence-corrected chi connectivity index (χ4v) is 2.66. The van der Waals surface area contributed by atoms with Crippen molar-refractivity contribution in [1.82, 2.24) is 4.90 Å². The smallest absolute Gasteiger partial charge is 0.241 e. The number of carbonyl (C=O) groups is 1. The first-order chi connectivity index (χ1) is 8.68. The van der Waals surface area contributed by atoms with Crippen LogP contribution in [-0.4, -0.2) is 29.9 Å². The molecule has 3 nitrogen and oxygen atoms in total. The number of hydrogen-bond acceptors (Lipinski definition) is 2. The van der Waals surface area contributed by atoms with Gasteiger partial charge in [0.05, 0.1) is 11.7 Å². The number of piperidine rings is 1. The highest BCUT2D eigenvalue weighted by Gasteiger charge is 2.22. The lowest BCUT2D eigenvalue weighted by Gasteiger charge is -2.31. The van der Waals surface area contributed by atoms with Crippen molar-refractivity contribution in [2.24, 2.45) is 0 Å². The number of nitrogens with zero attached hydrogens (tertiary/aromatic N) is 1. The van der Waals surface area contributed by atoms with E-state index in [1.165, 1.54) is 19.3 Å². The van der Waals surface area contributed by atoms with E-state index in [1.807, 2.05) is 31.2 Å². The molecule has 0 saturated carbocycles. The molecule has 1 fully saturated rings. The maximum absolute atomic E-state index is 12.2. The topological polar surface area (TPSA) is 32.3 Å². The molecule has 1 atom stereocenters. The summed E-state index contributed by atoms with van der Waals surface area (Å²) in [5, 5.41) is 2.98. The number of nitrogens with one attached hydrogen (secondary N) is 1. The minimum absolute atomic E-state index is 0.0580. The second-order valence-electron chi connectivity index (χ2n) is 4.74. The van der Waals surface area contributed by atoms with Gasteiger partial charge in [-0.25, -0.2) is 0 Å². The average Bonchev–Trinajstić information content (AvgIpc) is 2.41. The molecular weight excluding hydrogens is 292 g/mol. The Morgan fingerprint density at radius 3 is 2.61 bits per heavy atom. The zero-order chi connectivity index (χ0) is 13.0. The van der Waals surface area contributed by atoms with Crippen LogP contribution in [0.25, 0.3) is 0 Å². The summed E-state index contributed by atoms with van der Waals surface area (Å²) in [6, 6.07) is 7.64. The molecular formula is C14H19BrN2O. The van der Waals surface area contributed by atoms with Crippen LogP contribution in [0, 0.1) is 0 Å². The Morgan fingerprint density at radius 1 is 1.28 bits per heavy atom. The Bertz CT molecular complexity index is 416. The van der Waals surface area contributed by atoms with E-state index in [0.29, 0.717) is 0 Å². The van der Waals surface area contributed by atoms with Crippen molar-refractivity contribution in [2.75, 3.05) is 18.4 Å². The van der Waals surface area contributed by atoms with Crippen LogP contribution in [0.2, 0.25) is 0 Å². The van der Waals surface area contributed by atoms with Crippen LogP contribution in [0.1, 0.15) is 26.2 Å². The fraction of sp³-hybridized carbons (Fsp3) is 0.500. The molecule has 0 unspecified atom stereocenters. The monoisotopic (exact) mass is 310 g/mol. The molecule has 1 heterocycles. The van der Waals surface area contributed by atoms with Gasteiger partial charge in [0.15, 0.2) is 0 Å². The lowest BCUT2D eigenvalue weighted by atomic mass is 10.1. The molecule has 0 radical (unpaired) electrons. The maximum atomic E-state index is 12.2. The van der Waals surface area contributed by atoms with Gasteiger partial charge >= 0.3 is 0 Å². The van der Waals surface area contributed by atoms with E-state index < -0.39 is 0 Å². The molecule has 98 valence electrons. The summed E-state index contributed by atoms with van der Waals surface area (Å²) in [4.78, 5) is 14.4. The van der Waals surface area contributed by atoms with E-state index in [-0.39, 0.29) is 11.9 Å². The van der Waals surface area contributed by atoms with E-state index in [9.17, 15) is 4.79 Å². The number of carbonyl (C=O) groups excluding carboxylic acids is 1. The van der Waals surface area contributed by atoms with Crippen LogP contribution >= 0.6 is 15.9 Å². The van der Waals surface area contributed by atoms with E-state index in [1.54, 1.807) is 0 Å².